The molecule has 5 heteroatoms. The summed E-state index contributed by atoms with van der Waals surface area (Å²) in [5, 5.41) is 0. The van der Waals surface area contributed by atoms with Crippen molar-refractivity contribution in [1.29, 1.82) is 0 Å². The van der Waals surface area contributed by atoms with E-state index in [4.69, 9.17) is 4.98 Å². The Morgan fingerprint density at radius 1 is 1.35 bits per heavy atom. The zero-order valence-electron chi connectivity index (χ0n) is 11.3. The van der Waals surface area contributed by atoms with E-state index in [9.17, 15) is 4.79 Å². The van der Waals surface area contributed by atoms with E-state index in [2.05, 4.69) is 32.6 Å². The molecule has 2 heterocycles. The average molecular weight is 381 g/mol. The van der Waals surface area contributed by atoms with Gasteiger partial charge in [0, 0.05) is 23.9 Å². The van der Waals surface area contributed by atoms with Crippen LogP contribution in [0.3, 0.4) is 0 Å². The first-order valence-electron chi connectivity index (χ1n) is 6.87. The van der Waals surface area contributed by atoms with Gasteiger partial charge in [0.05, 0.1) is 9.26 Å². The van der Waals surface area contributed by atoms with Crippen LogP contribution < -0.4 is 5.56 Å². The van der Waals surface area contributed by atoms with E-state index in [-0.39, 0.29) is 5.56 Å². The standard InChI is InChI=1S/C15H16IN3O/c1-9-6-7-17-8-11(9)14-18-13(10-4-2-3-5-10)12(16)15(20)19-14/h6-8,10H,2-5H2,1H3,(H,18,19,20). The van der Waals surface area contributed by atoms with Crippen molar-refractivity contribution in [2.45, 2.75) is 38.5 Å². The molecule has 0 aliphatic heterocycles. The van der Waals surface area contributed by atoms with Gasteiger partial charge in [-0.2, -0.15) is 0 Å². The normalized spacial score (nSPS) is 15.7. The molecule has 1 aliphatic rings. The minimum Gasteiger partial charge on any atom is -0.306 e. The van der Waals surface area contributed by atoms with Gasteiger partial charge in [-0.25, -0.2) is 4.98 Å². The number of nitrogens with one attached hydrogen (secondary N) is 1. The van der Waals surface area contributed by atoms with Crippen molar-refractivity contribution in [3.63, 3.8) is 0 Å². The lowest BCUT2D eigenvalue weighted by atomic mass is 10.0. The van der Waals surface area contributed by atoms with Crippen LogP contribution in [-0.4, -0.2) is 15.0 Å². The number of aryl methyl sites for hydroxylation is 1. The zero-order valence-corrected chi connectivity index (χ0v) is 13.5. The molecule has 0 unspecified atom stereocenters. The second-order valence-corrected chi connectivity index (χ2v) is 6.36. The first-order chi connectivity index (χ1) is 9.66. The number of H-pyrrole nitrogens is 1. The maximum atomic E-state index is 12.2. The lowest BCUT2D eigenvalue weighted by molar-refractivity contribution is 0.687. The lowest BCUT2D eigenvalue weighted by Gasteiger charge is -2.12. The summed E-state index contributed by atoms with van der Waals surface area (Å²) in [7, 11) is 0. The summed E-state index contributed by atoms with van der Waals surface area (Å²) in [6.07, 6.45) is 8.25. The van der Waals surface area contributed by atoms with Crippen LogP contribution >= 0.6 is 22.6 Å². The Bertz CT molecular complexity index is 690. The molecule has 1 saturated carbocycles. The fraction of sp³-hybridized carbons (Fsp3) is 0.400. The topological polar surface area (TPSA) is 58.6 Å². The summed E-state index contributed by atoms with van der Waals surface area (Å²) in [5.41, 5.74) is 2.90. The maximum Gasteiger partial charge on any atom is 0.264 e. The molecule has 2 aromatic rings. The van der Waals surface area contributed by atoms with Crippen molar-refractivity contribution >= 4 is 22.6 Å². The first kappa shape index (κ1) is 13.7. The van der Waals surface area contributed by atoms with E-state index >= 15 is 0 Å². The van der Waals surface area contributed by atoms with E-state index in [1.165, 1.54) is 12.8 Å². The first-order valence-corrected chi connectivity index (χ1v) is 7.95. The third-order valence-electron chi connectivity index (χ3n) is 3.92. The molecular formula is C15H16IN3O. The molecule has 0 aromatic carbocycles. The van der Waals surface area contributed by atoms with Gasteiger partial charge in [0.25, 0.3) is 5.56 Å². The summed E-state index contributed by atoms with van der Waals surface area (Å²) in [4.78, 5) is 23.9. The van der Waals surface area contributed by atoms with Gasteiger partial charge in [-0.3, -0.25) is 9.78 Å². The van der Waals surface area contributed by atoms with Gasteiger partial charge in [0.15, 0.2) is 0 Å². The molecule has 0 bridgehead atoms. The van der Waals surface area contributed by atoms with Crippen LogP contribution in [-0.2, 0) is 0 Å². The van der Waals surface area contributed by atoms with Crippen molar-refractivity contribution in [2.24, 2.45) is 0 Å². The monoisotopic (exact) mass is 381 g/mol. The molecule has 2 aromatic heterocycles. The summed E-state index contributed by atoms with van der Waals surface area (Å²) < 4.78 is 0.736. The predicted octanol–water partition coefficient (Wildman–Crippen LogP) is 3.40. The van der Waals surface area contributed by atoms with Crippen LogP contribution in [0.2, 0.25) is 0 Å². The fourth-order valence-corrected chi connectivity index (χ4v) is 3.48. The number of nitrogens with zero attached hydrogens (tertiary/aromatic N) is 2. The molecule has 4 nitrogen and oxygen atoms in total. The van der Waals surface area contributed by atoms with Gasteiger partial charge >= 0.3 is 0 Å². The highest BCUT2D eigenvalue weighted by molar-refractivity contribution is 14.1. The Morgan fingerprint density at radius 3 is 2.80 bits per heavy atom. The van der Waals surface area contributed by atoms with Gasteiger partial charge in [-0.05, 0) is 54.0 Å². The smallest absolute Gasteiger partial charge is 0.264 e. The highest BCUT2D eigenvalue weighted by Gasteiger charge is 2.23. The highest BCUT2D eigenvalue weighted by atomic mass is 127. The molecule has 20 heavy (non-hydrogen) atoms. The van der Waals surface area contributed by atoms with Crippen molar-refractivity contribution < 1.29 is 0 Å². The molecule has 1 aliphatic carbocycles. The van der Waals surface area contributed by atoms with Crippen LogP contribution in [0.25, 0.3) is 11.4 Å². The van der Waals surface area contributed by atoms with Crippen molar-refractivity contribution in [2.75, 3.05) is 0 Å². The number of hydrogen-bond acceptors (Lipinski definition) is 3. The molecule has 0 atom stereocenters. The average Bonchev–Trinajstić information content (AvgIpc) is 2.96. The van der Waals surface area contributed by atoms with E-state index in [0.29, 0.717) is 11.7 Å². The van der Waals surface area contributed by atoms with E-state index < -0.39 is 0 Å². The number of rotatable bonds is 2. The zero-order chi connectivity index (χ0) is 14.1. The number of halogens is 1. The molecule has 1 fully saturated rings. The Labute approximate surface area is 131 Å². The highest BCUT2D eigenvalue weighted by Crippen LogP contribution is 2.35. The largest absolute Gasteiger partial charge is 0.306 e. The summed E-state index contributed by atoms with van der Waals surface area (Å²) in [5.74, 6) is 1.07. The molecule has 0 saturated heterocycles. The minimum atomic E-state index is -0.0410. The Hall–Kier alpha value is -1.24. The second kappa shape index (κ2) is 5.63. The van der Waals surface area contributed by atoms with Gasteiger partial charge < -0.3 is 4.98 Å². The fourth-order valence-electron chi connectivity index (χ4n) is 2.79. The van der Waals surface area contributed by atoms with Crippen molar-refractivity contribution in [3.8, 4) is 11.4 Å². The maximum absolute atomic E-state index is 12.2. The van der Waals surface area contributed by atoms with Gasteiger partial charge in [-0.1, -0.05) is 12.8 Å². The minimum absolute atomic E-state index is 0.0410. The lowest BCUT2D eigenvalue weighted by Crippen LogP contribution is -2.18. The number of pyridine rings is 1. The molecule has 104 valence electrons. The summed E-state index contributed by atoms with van der Waals surface area (Å²) >= 11 is 2.12. The molecular weight excluding hydrogens is 365 g/mol. The number of aromatic amines is 1. The molecule has 0 amide bonds. The van der Waals surface area contributed by atoms with Crippen LogP contribution in [0.1, 0.15) is 42.9 Å². The number of aromatic nitrogens is 3. The molecule has 0 spiro atoms. The van der Waals surface area contributed by atoms with E-state index in [1.807, 2.05) is 13.0 Å². The Kier molecular flexibility index (Phi) is 3.87. The Balaban J connectivity index is 2.14. The van der Waals surface area contributed by atoms with Gasteiger partial charge in [0.2, 0.25) is 0 Å². The van der Waals surface area contributed by atoms with Crippen LogP contribution in [0.15, 0.2) is 23.3 Å². The van der Waals surface area contributed by atoms with Crippen molar-refractivity contribution in [1.82, 2.24) is 15.0 Å². The van der Waals surface area contributed by atoms with Crippen molar-refractivity contribution in [3.05, 3.63) is 43.6 Å². The predicted molar refractivity (Wildman–Crippen MR) is 86.8 cm³/mol. The SMILES string of the molecule is Cc1ccncc1-c1nc(C2CCCC2)c(I)c(=O)[nH]1. The van der Waals surface area contributed by atoms with E-state index in [0.717, 1.165) is 33.2 Å². The van der Waals surface area contributed by atoms with E-state index in [1.54, 1.807) is 12.4 Å². The third kappa shape index (κ3) is 2.51. The van der Waals surface area contributed by atoms with Gasteiger partial charge in [-0.15, -0.1) is 0 Å². The third-order valence-corrected chi connectivity index (χ3v) is 4.97. The second-order valence-electron chi connectivity index (χ2n) is 5.29. The summed E-state index contributed by atoms with van der Waals surface area (Å²) in [6, 6.07) is 1.93. The molecule has 1 N–H and O–H groups in total. The number of hydrogen-bond donors (Lipinski definition) is 1. The molecule has 3 rings (SSSR count). The van der Waals surface area contributed by atoms with Crippen LogP contribution in [0.5, 0.6) is 0 Å². The quantitative estimate of drug-likeness (QED) is 0.812. The molecule has 0 radical (unpaired) electrons. The van der Waals surface area contributed by atoms with Crippen LogP contribution in [0.4, 0.5) is 0 Å². The Morgan fingerprint density at radius 2 is 2.10 bits per heavy atom. The van der Waals surface area contributed by atoms with Crippen LogP contribution in [0, 0.1) is 10.5 Å². The summed E-state index contributed by atoms with van der Waals surface area (Å²) in [6.45, 7) is 2.00. The van der Waals surface area contributed by atoms with Gasteiger partial charge in [0.1, 0.15) is 5.82 Å².